The zero-order valence-electron chi connectivity index (χ0n) is 18.3. The van der Waals surface area contributed by atoms with Crippen molar-refractivity contribution in [3.63, 3.8) is 0 Å². The molecular formula is C21H27N7O3S. The number of nitrogen functional groups attached to an aromatic ring is 1. The van der Waals surface area contributed by atoms with Crippen LogP contribution in [0.4, 0.5) is 5.82 Å². The van der Waals surface area contributed by atoms with Crippen molar-refractivity contribution in [1.82, 2.24) is 29.8 Å². The van der Waals surface area contributed by atoms with Crippen LogP contribution in [0.15, 0.2) is 35.5 Å². The average Bonchev–Trinajstić information content (AvgIpc) is 3.11. The lowest BCUT2D eigenvalue weighted by Crippen LogP contribution is -2.45. The van der Waals surface area contributed by atoms with Crippen LogP contribution in [0.5, 0.6) is 0 Å². The molecule has 1 aliphatic rings. The molecule has 4 N–H and O–H groups in total. The van der Waals surface area contributed by atoms with E-state index in [1.165, 1.54) is 0 Å². The van der Waals surface area contributed by atoms with E-state index in [-0.39, 0.29) is 23.4 Å². The second kappa shape index (κ2) is 8.94. The Morgan fingerprint density at radius 2 is 2.12 bits per heavy atom. The standard InChI is InChI=1S/C21H27N7O3S/c1-13-4-5-16(32(29,30)25-10-15-9-23-6-7-31-15)8-17(13)19-11-24-21(22)20(26-19)18-12-28(3)27-14(18)2/h4-5,8,11-12,15,23,25H,6-7,9-10H2,1-3H3,(H2,22,24). The highest BCUT2D eigenvalue weighted by Gasteiger charge is 2.21. The first-order valence-corrected chi connectivity index (χ1v) is 11.8. The zero-order valence-corrected chi connectivity index (χ0v) is 19.1. The molecule has 0 radical (unpaired) electrons. The lowest BCUT2D eigenvalue weighted by molar-refractivity contribution is 0.0324. The van der Waals surface area contributed by atoms with Crippen LogP contribution in [0.2, 0.25) is 0 Å². The average molecular weight is 458 g/mol. The molecule has 0 saturated carbocycles. The number of hydrogen-bond acceptors (Lipinski definition) is 8. The van der Waals surface area contributed by atoms with Gasteiger partial charge in [0.1, 0.15) is 11.5 Å². The summed E-state index contributed by atoms with van der Waals surface area (Å²) in [5, 5.41) is 7.53. The predicted octanol–water partition coefficient (Wildman–Crippen LogP) is 1.01. The second-order valence-electron chi connectivity index (χ2n) is 7.82. The Kier molecular flexibility index (Phi) is 6.24. The fourth-order valence-corrected chi connectivity index (χ4v) is 4.73. The van der Waals surface area contributed by atoms with E-state index in [9.17, 15) is 8.42 Å². The first-order valence-electron chi connectivity index (χ1n) is 10.3. The molecule has 3 heterocycles. The Balaban J connectivity index is 1.65. The largest absolute Gasteiger partial charge is 0.382 e. The number of nitrogens with one attached hydrogen (secondary N) is 2. The Morgan fingerprint density at radius 3 is 2.81 bits per heavy atom. The molecule has 1 aliphatic heterocycles. The van der Waals surface area contributed by atoms with Crippen LogP contribution >= 0.6 is 0 Å². The highest BCUT2D eigenvalue weighted by Crippen LogP contribution is 2.30. The Morgan fingerprint density at radius 1 is 1.31 bits per heavy atom. The van der Waals surface area contributed by atoms with E-state index in [2.05, 4.69) is 20.1 Å². The monoisotopic (exact) mass is 457 g/mol. The molecule has 1 unspecified atom stereocenters. The lowest BCUT2D eigenvalue weighted by atomic mass is 10.1. The van der Waals surface area contributed by atoms with Gasteiger partial charge >= 0.3 is 0 Å². The predicted molar refractivity (Wildman–Crippen MR) is 121 cm³/mol. The maximum absolute atomic E-state index is 12.9. The van der Waals surface area contributed by atoms with E-state index in [0.29, 0.717) is 30.1 Å². The normalized spacial score (nSPS) is 16.9. The third-order valence-electron chi connectivity index (χ3n) is 5.37. The smallest absolute Gasteiger partial charge is 0.240 e. The summed E-state index contributed by atoms with van der Waals surface area (Å²) in [6.45, 7) is 5.92. The van der Waals surface area contributed by atoms with Crippen LogP contribution in [0.25, 0.3) is 22.5 Å². The van der Waals surface area contributed by atoms with E-state index in [0.717, 1.165) is 23.4 Å². The van der Waals surface area contributed by atoms with E-state index in [1.54, 1.807) is 29.1 Å². The van der Waals surface area contributed by atoms with Gasteiger partial charge in [-0.1, -0.05) is 6.07 Å². The summed E-state index contributed by atoms with van der Waals surface area (Å²) in [6, 6.07) is 4.95. The number of hydrogen-bond donors (Lipinski definition) is 3. The topological polar surface area (TPSA) is 137 Å². The van der Waals surface area contributed by atoms with Gasteiger partial charge in [0.25, 0.3) is 0 Å². The number of ether oxygens (including phenoxy) is 1. The summed E-state index contributed by atoms with van der Waals surface area (Å²) >= 11 is 0. The quantitative estimate of drug-likeness (QED) is 0.499. The van der Waals surface area contributed by atoms with Gasteiger partial charge in [0.2, 0.25) is 10.0 Å². The molecular weight excluding hydrogens is 430 g/mol. The molecule has 1 saturated heterocycles. The Bertz CT molecular complexity index is 1230. The molecule has 11 heteroatoms. The highest BCUT2D eigenvalue weighted by atomic mass is 32.2. The van der Waals surface area contributed by atoms with Crippen LogP contribution in [0, 0.1) is 13.8 Å². The number of benzene rings is 1. The molecule has 1 atom stereocenters. The molecule has 2 aromatic heterocycles. The van der Waals surface area contributed by atoms with Gasteiger partial charge in [-0.05, 0) is 31.5 Å². The molecule has 32 heavy (non-hydrogen) atoms. The number of morpholine rings is 1. The fraction of sp³-hybridized carbons (Fsp3) is 0.381. The van der Waals surface area contributed by atoms with Gasteiger partial charge in [-0.25, -0.2) is 23.1 Å². The molecule has 0 amide bonds. The van der Waals surface area contributed by atoms with Crippen LogP contribution in [-0.2, 0) is 21.8 Å². The van der Waals surface area contributed by atoms with Gasteiger partial charge < -0.3 is 15.8 Å². The summed E-state index contributed by atoms with van der Waals surface area (Å²) in [7, 11) is -1.90. The van der Waals surface area contributed by atoms with Crippen molar-refractivity contribution in [1.29, 1.82) is 0 Å². The molecule has 1 fully saturated rings. The Labute approximate surface area is 187 Å². The minimum Gasteiger partial charge on any atom is -0.382 e. The highest BCUT2D eigenvalue weighted by molar-refractivity contribution is 7.89. The molecule has 0 spiro atoms. The van der Waals surface area contributed by atoms with Crippen LogP contribution < -0.4 is 15.8 Å². The van der Waals surface area contributed by atoms with E-state index >= 15 is 0 Å². The molecule has 1 aromatic carbocycles. The van der Waals surface area contributed by atoms with E-state index < -0.39 is 10.0 Å². The van der Waals surface area contributed by atoms with Crippen molar-refractivity contribution < 1.29 is 13.2 Å². The molecule has 4 rings (SSSR count). The summed E-state index contributed by atoms with van der Waals surface area (Å²) in [4.78, 5) is 9.16. The maximum atomic E-state index is 12.9. The van der Waals surface area contributed by atoms with Crippen molar-refractivity contribution in [2.24, 2.45) is 7.05 Å². The van der Waals surface area contributed by atoms with E-state index in [1.807, 2.05) is 27.1 Å². The number of sulfonamides is 1. The number of nitrogens with two attached hydrogens (primary N) is 1. The van der Waals surface area contributed by atoms with Crippen LogP contribution in [-0.4, -0.2) is 60.5 Å². The van der Waals surface area contributed by atoms with Crippen molar-refractivity contribution in [2.45, 2.75) is 24.8 Å². The zero-order chi connectivity index (χ0) is 22.9. The summed E-state index contributed by atoms with van der Waals surface area (Å²) in [6.07, 6.45) is 3.19. The van der Waals surface area contributed by atoms with Gasteiger partial charge in [-0.15, -0.1) is 0 Å². The molecule has 10 nitrogen and oxygen atoms in total. The lowest BCUT2D eigenvalue weighted by Gasteiger charge is -2.23. The third-order valence-corrected chi connectivity index (χ3v) is 6.79. The SMILES string of the molecule is Cc1ccc(S(=O)(=O)NCC2CNCCO2)cc1-c1cnc(N)c(-c2cn(C)nc2C)n1. The van der Waals surface area contributed by atoms with Gasteiger partial charge in [0.05, 0.1) is 35.2 Å². The number of rotatable bonds is 6. The van der Waals surface area contributed by atoms with Crippen LogP contribution in [0.1, 0.15) is 11.3 Å². The number of aryl methyl sites for hydroxylation is 3. The van der Waals surface area contributed by atoms with Crippen molar-refractivity contribution in [2.75, 3.05) is 32.0 Å². The van der Waals surface area contributed by atoms with Gasteiger partial charge in [0, 0.05) is 44.0 Å². The number of aromatic nitrogens is 4. The van der Waals surface area contributed by atoms with Crippen molar-refractivity contribution >= 4 is 15.8 Å². The van der Waals surface area contributed by atoms with Gasteiger partial charge in [-0.3, -0.25) is 4.68 Å². The number of anilines is 1. The number of nitrogens with zero attached hydrogens (tertiary/aromatic N) is 4. The van der Waals surface area contributed by atoms with Crippen molar-refractivity contribution in [3.8, 4) is 22.5 Å². The molecule has 0 bridgehead atoms. The molecule has 0 aliphatic carbocycles. The minimum absolute atomic E-state index is 0.152. The van der Waals surface area contributed by atoms with E-state index in [4.69, 9.17) is 15.5 Å². The summed E-state index contributed by atoms with van der Waals surface area (Å²) in [5.41, 5.74) is 10.2. The Hall–Kier alpha value is -2.86. The van der Waals surface area contributed by atoms with Crippen LogP contribution in [0.3, 0.4) is 0 Å². The first-order chi connectivity index (χ1) is 15.2. The van der Waals surface area contributed by atoms with Gasteiger partial charge in [0.15, 0.2) is 0 Å². The maximum Gasteiger partial charge on any atom is 0.240 e. The molecule has 170 valence electrons. The fourth-order valence-electron chi connectivity index (χ4n) is 3.64. The third kappa shape index (κ3) is 4.65. The first kappa shape index (κ1) is 22.3. The summed E-state index contributed by atoms with van der Waals surface area (Å²) < 4.78 is 35.7. The van der Waals surface area contributed by atoms with Gasteiger partial charge in [-0.2, -0.15) is 5.10 Å². The van der Waals surface area contributed by atoms with Crippen molar-refractivity contribution in [3.05, 3.63) is 41.9 Å². The molecule has 3 aromatic rings. The summed E-state index contributed by atoms with van der Waals surface area (Å²) in [5.74, 6) is 0.286. The second-order valence-corrected chi connectivity index (χ2v) is 9.58. The minimum atomic E-state index is -3.72.